The average molecular weight is 387 g/mol. The van der Waals surface area contributed by atoms with Gasteiger partial charge in [0.05, 0.1) is 6.42 Å². The predicted molar refractivity (Wildman–Crippen MR) is 103 cm³/mol. The summed E-state index contributed by atoms with van der Waals surface area (Å²) in [5, 5.41) is 0. The molecule has 1 amide bonds. The molecule has 4 heteroatoms. The smallest absolute Gasteiger partial charge is 0.227 e. The number of carbonyl (C=O) groups excluding carboxylic acids is 1. The maximum Gasteiger partial charge on any atom is 0.227 e. The second kappa shape index (κ2) is 7.39. The van der Waals surface area contributed by atoms with E-state index in [1.165, 1.54) is 16.8 Å². The molecule has 1 aliphatic rings. The van der Waals surface area contributed by atoms with E-state index in [1.54, 1.807) is 0 Å². The normalized spacial score (nSPS) is 14.8. The summed E-state index contributed by atoms with van der Waals surface area (Å²) in [7, 11) is 0. The zero-order valence-electron chi connectivity index (χ0n) is 14.3. The fourth-order valence-corrected chi connectivity index (χ4v) is 3.60. The molecule has 3 nitrogen and oxygen atoms in total. The average Bonchev–Trinajstić information content (AvgIpc) is 2.59. The fraction of sp³-hybridized carbons (Fsp3) is 0.350. The van der Waals surface area contributed by atoms with Crippen molar-refractivity contribution in [2.45, 2.75) is 20.3 Å². The number of piperazine rings is 1. The SMILES string of the molecule is Cc1ccc(C)c(N2CCN(C(=O)Cc3ccccc3Br)CC2)c1. The predicted octanol–water partition coefficient (Wildman–Crippen LogP) is 3.96. The third-order valence-corrected chi connectivity index (χ3v) is 5.41. The van der Waals surface area contributed by atoms with Crippen LogP contribution in [0.25, 0.3) is 0 Å². The Morgan fingerprint density at radius 3 is 2.46 bits per heavy atom. The first-order chi connectivity index (χ1) is 11.5. The number of hydrogen-bond donors (Lipinski definition) is 0. The molecular formula is C20H23BrN2O. The van der Waals surface area contributed by atoms with Crippen molar-refractivity contribution in [3.63, 3.8) is 0 Å². The van der Waals surface area contributed by atoms with Crippen molar-refractivity contribution in [2.75, 3.05) is 31.1 Å². The summed E-state index contributed by atoms with van der Waals surface area (Å²) < 4.78 is 1.01. The van der Waals surface area contributed by atoms with E-state index >= 15 is 0 Å². The Morgan fingerprint density at radius 2 is 1.75 bits per heavy atom. The monoisotopic (exact) mass is 386 g/mol. The van der Waals surface area contributed by atoms with Crippen molar-refractivity contribution in [2.24, 2.45) is 0 Å². The summed E-state index contributed by atoms with van der Waals surface area (Å²) in [6, 6.07) is 14.5. The van der Waals surface area contributed by atoms with Gasteiger partial charge in [0, 0.05) is 36.3 Å². The zero-order valence-corrected chi connectivity index (χ0v) is 15.8. The lowest BCUT2D eigenvalue weighted by molar-refractivity contribution is -0.130. The summed E-state index contributed by atoms with van der Waals surface area (Å²) in [5.74, 6) is 0.211. The van der Waals surface area contributed by atoms with Crippen molar-refractivity contribution in [3.8, 4) is 0 Å². The quantitative estimate of drug-likeness (QED) is 0.796. The lowest BCUT2D eigenvalue weighted by Gasteiger charge is -2.37. The first kappa shape index (κ1) is 17.0. The highest BCUT2D eigenvalue weighted by Crippen LogP contribution is 2.23. The molecule has 0 aromatic heterocycles. The Kier molecular flexibility index (Phi) is 5.24. The second-order valence-corrected chi connectivity index (χ2v) is 7.28. The van der Waals surface area contributed by atoms with Crippen molar-refractivity contribution >= 4 is 27.5 Å². The van der Waals surface area contributed by atoms with Crippen LogP contribution in [0.2, 0.25) is 0 Å². The number of rotatable bonds is 3. The fourth-order valence-electron chi connectivity index (χ4n) is 3.17. The van der Waals surface area contributed by atoms with E-state index in [-0.39, 0.29) is 5.91 Å². The highest BCUT2D eigenvalue weighted by molar-refractivity contribution is 9.10. The number of anilines is 1. The third kappa shape index (κ3) is 3.81. The molecule has 1 heterocycles. The molecule has 0 aliphatic carbocycles. The zero-order chi connectivity index (χ0) is 17.1. The van der Waals surface area contributed by atoms with Crippen molar-refractivity contribution < 1.29 is 4.79 Å². The Bertz CT molecular complexity index is 736. The van der Waals surface area contributed by atoms with Crippen LogP contribution in [-0.2, 0) is 11.2 Å². The van der Waals surface area contributed by atoms with Crippen LogP contribution in [-0.4, -0.2) is 37.0 Å². The number of hydrogen-bond acceptors (Lipinski definition) is 2. The van der Waals surface area contributed by atoms with Crippen LogP contribution in [0.1, 0.15) is 16.7 Å². The number of amides is 1. The van der Waals surface area contributed by atoms with Gasteiger partial charge in [-0.05, 0) is 42.7 Å². The Labute approximate surface area is 152 Å². The highest BCUT2D eigenvalue weighted by atomic mass is 79.9. The van der Waals surface area contributed by atoms with E-state index in [9.17, 15) is 4.79 Å². The minimum Gasteiger partial charge on any atom is -0.368 e. The van der Waals surface area contributed by atoms with Crippen molar-refractivity contribution in [3.05, 3.63) is 63.6 Å². The van der Waals surface area contributed by atoms with E-state index in [1.807, 2.05) is 29.2 Å². The number of aryl methyl sites for hydroxylation is 2. The number of halogens is 1. The van der Waals surface area contributed by atoms with E-state index in [4.69, 9.17) is 0 Å². The van der Waals surface area contributed by atoms with Gasteiger partial charge in [0.25, 0.3) is 0 Å². The summed E-state index contributed by atoms with van der Waals surface area (Å²) >= 11 is 3.52. The van der Waals surface area contributed by atoms with E-state index in [2.05, 4.69) is 52.9 Å². The molecule has 0 atom stereocenters. The van der Waals surface area contributed by atoms with Crippen LogP contribution in [0.4, 0.5) is 5.69 Å². The molecule has 1 aliphatic heterocycles. The molecular weight excluding hydrogens is 364 g/mol. The third-order valence-electron chi connectivity index (χ3n) is 4.64. The molecule has 0 bridgehead atoms. The maximum atomic E-state index is 12.6. The Hall–Kier alpha value is -1.81. The summed E-state index contributed by atoms with van der Waals surface area (Å²) in [4.78, 5) is 17.0. The minimum atomic E-state index is 0.211. The molecule has 2 aromatic carbocycles. The molecule has 0 radical (unpaired) electrons. The summed E-state index contributed by atoms with van der Waals surface area (Å²) in [6.45, 7) is 7.64. The largest absolute Gasteiger partial charge is 0.368 e. The summed E-state index contributed by atoms with van der Waals surface area (Å²) in [6.07, 6.45) is 0.463. The van der Waals surface area contributed by atoms with Gasteiger partial charge in [0.15, 0.2) is 0 Å². The number of nitrogens with zero attached hydrogens (tertiary/aromatic N) is 2. The Balaban J connectivity index is 1.61. The first-order valence-corrected chi connectivity index (χ1v) is 9.17. The van der Waals surface area contributed by atoms with Gasteiger partial charge in [-0.25, -0.2) is 0 Å². The lowest BCUT2D eigenvalue weighted by Crippen LogP contribution is -2.49. The first-order valence-electron chi connectivity index (χ1n) is 8.38. The molecule has 0 N–H and O–H groups in total. The topological polar surface area (TPSA) is 23.6 Å². The minimum absolute atomic E-state index is 0.211. The van der Waals surface area contributed by atoms with E-state index < -0.39 is 0 Å². The second-order valence-electron chi connectivity index (χ2n) is 6.43. The molecule has 126 valence electrons. The van der Waals surface area contributed by atoms with Gasteiger partial charge >= 0.3 is 0 Å². The lowest BCUT2D eigenvalue weighted by atomic mass is 10.1. The maximum absolute atomic E-state index is 12.6. The van der Waals surface area contributed by atoms with E-state index in [0.717, 1.165) is 36.2 Å². The molecule has 2 aromatic rings. The van der Waals surface area contributed by atoms with Gasteiger partial charge in [-0.2, -0.15) is 0 Å². The van der Waals surface area contributed by atoms with Gasteiger partial charge in [-0.3, -0.25) is 4.79 Å². The van der Waals surface area contributed by atoms with Crippen LogP contribution in [0.5, 0.6) is 0 Å². The molecule has 1 fully saturated rings. The van der Waals surface area contributed by atoms with Crippen LogP contribution in [0.15, 0.2) is 46.9 Å². The van der Waals surface area contributed by atoms with Gasteiger partial charge in [0.1, 0.15) is 0 Å². The Morgan fingerprint density at radius 1 is 1.04 bits per heavy atom. The van der Waals surface area contributed by atoms with E-state index in [0.29, 0.717) is 6.42 Å². The molecule has 3 rings (SSSR count). The van der Waals surface area contributed by atoms with Gasteiger partial charge in [-0.15, -0.1) is 0 Å². The molecule has 24 heavy (non-hydrogen) atoms. The number of benzene rings is 2. The van der Waals surface area contributed by atoms with Gasteiger partial charge < -0.3 is 9.80 Å². The van der Waals surface area contributed by atoms with Crippen LogP contribution in [0.3, 0.4) is 0 Å². The molecule has 0 spiro atoms. The van der Waals surface area contributed by atoms with Crippen molar-refractivity contribution in [1.82, 2.24) is 4.90 Å². The van der Waals surface area contributed by atoms with Crippen molar-refractivity contribution in [1.29, 1.82) is 0 Å². The highest BCUT2D eigenvalue weighted by Gasteiger charge is 2.22. The van der Waals surface area contributed by atoms with Gasteiger partial charge in [-0.1, -0.05) is 46.3 Å². The van der Waals surface area contributed by atoms with Crippen LogP contribution in [0, 0.1) is 13.8 Å². The molecule has 0 unspecified atom stereocenters. The van der Waals surface area contributed by atoms with Crippen LogP contribution >= 0.6 is 15.9 Å². The standard InChI is InChI=1S/C20H23BrN2O/c1-15-7-8-16(2)19(13-15)22-9-11-23(12-10-22)20(24)14-17-5-3-4-6-18(17)21/h3-8,13H,9-12,14H2,1-2H3. The van der Waals surface area contributed by atoms with Gasteiger partial charge in [0.2, 0.25) is 5.91 Å². The number of carbonyl (C=O) groups is 1. The molecule has 0 saturated carbocycles. The van der Waals surface area contributed by atoms with Crippen LogP contribution < -0.4 is 4.90 Å². The molecule has 1 saturated heterocycles. The summed E-state index contributed by atoms with van der Waals surface area (Å²) in [5.41, 5.74) is 4.93.